The van der Waals surface area contributed by atoms with Crippen molar-refractivity contribution in [3.63, 3.8) is 0 Å². The van der Waals surface area contributed by atoms with E-state index in [1.807, 2.05) is 36.4 Å². The first-order valence-corrected chi connectivity index (χ1v) is 11.3. The summed E-state index contributed by atoms with van der Waals surface area (Å²) in [6.45, 7) is 0. The molecule has 0 heterocycles. The molecule has 6 nitrogen and oxygen atoms in total. The lowest BCUT2D eigenvalue weighted by atomic mass is 10.0. The first kappa shape index (κ1) is 25.3. The van der Waals surface area contributed by atoms with Gasteiger partial charge in [-0.3, -0.25) is 4.79 Å². The van der Waals surface area contributed by atoms with Crippen LogP contribution in [-0.4, -0.2) is 30.3 Å². The molecule has 170 valence electrons. The number of nitrogens with zero attached hydrogens (tertiary/aromatic N) is 1. The number of aliphatic carboxylic acids is 1. The lowest BCUT2D eigenvalue weighted by Crippen LogP contribution is -2.07. The zero-order valence-electron chi connectivity index (χ0n) is 18.3. The van der Waals surface area contributed by atoms with E-state index >= 15 is 0 Å². The van der Waals surface area contributed by atoms with Crippen LogP contribution in [0.15, 0.2) is 42.5 Å². The molecule has 32 heavy (non-hydrogen) atoms. The van der Waals surface area contributed by atoms with E-state index in [-0.39, 0.29) is 11.4 Å². The van der Waals surface area contributed by atoms with Crippen LogP contribution in [0.25, 0.3) is 11.6 Å². The minimum atomic E-state index is -0.740. The number of unbranched alkanes of at least 4 members (excludes halogenated alkanes) is 3. The van der Waals surface area contributed by atoms with Gasteiger partial charge in [0.25, 0.3) is 0 Å². The van der Waals surface area contributed by atoms with E-state index in [0.717, 1.165) is 42.6 Å². The normalized spacial score (nSPS) is 12.0. The molecular weight excluding hydrogens is 474 g/mol. The monoisotopic (exact) mass is 501 g/mol. The van der Waals surface area contributed by atoms with Crippen LogP contribution in [0.1, 0.15) is 49.7 Å². The first-order valence-electron chi connectivity index (χ1n) is 10.4. The maximum absolute atomic E-state index is 10.5. The van der Waals surface area contributed by atoms with Crippen LogP contribution < -0.4 is 14.2 Å². The molecular formula is C25H28BrNO5. The van der Waals surface area contributed by atoms with Crippen molar-refractivity contribution in [1.29, 1.82) is 5.26 Å². The van der Waals surface area contributed by atoms with E-state index in [9.17, 15) is 10.1 Å². The van der Waals surface area contributed by atoms with Gasteiger partial charge in [-0.15, -0.1) is 0 Å². The molecule has 0 aliphatic carbocycles. The number of ether oxygens (including phenoxy) is 3. The third-order valence-corrected chi connectivity index (χ3v) is 5.49. The highest BCUT2D eigenvalue weighted by molar-refractivity contribution is 9.09. The Bertz CT molecular complexity index is 950. The standard InChI is InChI=1S/C25H28BrNO5/c1-30-22-14-11-19(16-23(22)31-2)20(17-27)15-18-9-12-21(13-10-18)32-24(26)7-5-3-4-6-8-25(28)29/h9-16,24H,3-8H2,1-2H3,(H,28,29)/b20-15+. The molecule has 2 aromatic carbocycles. The third kappa shape index (κ3) is 8.27. The second kappa shape index (κ2) is 13.4. The molecule has 0 radical (unpaired) electrons. The first-order chi connectivity index (χ1) is 15.5. The number of halogens is 1. The molecule has 2 rings (SSSR count). The summed E-state index contributed by atoms with van der Waals surface area (Å²) in [5.41, 5.74) is 2.14. The smallest absolute Gasteiger partial charge is 0.303 e. The van der Waals surface area contributed by atoms with Gasteiger partial charge in [0.15, 0.2) is 16.5 Å². The third-order valence-electron chi connectivity index (χ3n) is 4.84. The zero-order chi connectivity index (χ0) is 23.3. The molecule has 1 N–H and O–H groups in total. The number of carbonyl (C=O) groups is 1. The summed E-state index contributed by atoms with van der Waals surface area (Å²) in [5.74, 6) is 1.18. The number of nitriles is 1. The molecule has 0 bridgehead atoms. The predicted molar refractivity (Wildman–Crippen MR) is 128 cm³/mol. The topological polar surface area (TPSA) is 88.8 Å². The Balaban J connectivity index is 1.93. The molecule has 0 saturated heterocycles. The van der Waals surface area contributed by atoms with Gasteiger partial charge in [-0.05, 0) is 82.7 Å². The number of hydrogen-bond donors (Lipinski definition) is 1. The van der Waals surface area contributed by atoms with Crippen molar-refractivity contribution in [1.82, 2.24) is 0 Å². The fourth-order valence-electron chi connectivity index (χ4n) is 3.13. The van der Waals surface area contributed by atoms with Crippen LogP contribution in [-0.2, 0) is 4.79 Å². The van der Waals surface area contributed by atoms with E-state index in [0.29, 0.717) is 23.5 Å². The molecule has 0 spiro atoms. The van der Waals surface area contributed by atoms with Gasteiger partial charge in [0.05, 0.1) is 25.9 Å². The Kier molecular flexibility index (Phi) is 10.6. The van der Waals surface area contributed by atoms with Crippen LogP contribution in [0.5, 0.6) is 17.2 Å². The van der Waals surface area contributed by atoms with E-state index < -0.39 is 5.97 Å². The summed E-state index contributed by atoms with van der Waals surface area (Å²) in [4.78, 5) is 10.5. The van der Waals surface area contributed by atoms with Gasteiger partial charge in [-0.1, -0.05) is 25.0 Å². The van der Waals surface area contributed by atoms with Crippen molar-refractivity contribution in [2.45, 2.75) is 43.5 Å². The highest BCUT2D eigenvalue weighted by Gasteiger charge is 2.09. The van der Waals surface area contributed by atoms with Crippen LogP contribution in [0.2, 0.25) is 0 Å². The zero-order valence-corrected chi connectivity index (χ0v) is 19.9. The molecule has 0 fully saturated rings. The van der Waals surface area contributed by atoms with Crippen LogP contribution >= 0.6 is 15.9 Å². The number of allylic oxidation sites excluding steroid dienone is 1. The molecule has 0 aliphatic heterocycles. The van der Waals surface area contributed by atoms with Gasteiger partial charge < -0.3 is 19.3 Å². The minimum Gasteiger partial charge on any atom is -0.493 e. The minimum absolute atomic E-state index is 0.107. The molecule has 1 atom stereocenters. The predicted octanol–water partition coefficient (Wildman–Crippen LogP) is 6.29. The van der Waals surface area contributed by atoms with Crippen LogP contribution in [0.4, 0.5) is 0 Å². The van der Waals surface area contributed by atoms with Gasteiger partial charge in [-0.25, -0.2) is 0 Å². The molecule has 7 heteroatoms. The number of rotatable bonds is 13. The Morgan fingerprint density at radius 3 is 2.38 bits per heavy atom. The van der Waals surface area contributed by atoms with Crippen molar-refractivity contribution in [3.05, 3.63) is 53.6 Å². The maximum Gasteiger partial charge on any atom is 0.303 e. The van der Waals surface area contributed by atoms with Gasteiger partial charge in [0.2, 0.25) is 0 Å². The molecule has 2 aromatic rings. The number of carboxylic acid groups (broad SMARTS) is 1. The summed E-state index contributed by atoms with van der Waals surface area (Å²) in [6, 6.07) is 15.2. The summed E-state index contributed by atoms with van der Waals surface area (Å²) in [7, 11) is 3.13. The van der Waals surface area contributed by atoms with Crippen molar-refractivity contribution < 1.29 is 24.1 Å². The van der Waals surface area contributed by atoms with E-state index in [4.69, 9.17) is 19.3 Å². The Labute approximate surface area is 197 Å². The highest BCUT2D eigenvalue weighted by atomic mass is 79.9. The quantitative estimate of drug-likeness (QED) is 0.150. The fraction of sp³-hybridized carbons (Fsp3) is 0.360. The average Bonchev–Trinajstić information content (AvgIpc) is 2.80. The SMILES string of the molecule is COc1ccc(/C(C#N)=C/c2ccc(OC(Br)CCCCCCC(=O)O)cc2)cc1OC. The Hall–Kier alpha value is -2.98. The van der Waals surface area contributed by atoms with Crippen molar-refractivity contribution in [3.8, 4) is 23.3 Å². The molecule has 1 unspecified atom stereocenters. The molecule has 0 aliphatic rings. The Morgan fingerprint density at radius 1 is 1.06 bits per heavy atom. The Morgan fingerprint density at radius 2 is 1.75 bits per heavy atom. The van der Waals surface area contributed by atoms with Crippen molar-refractivity contribution in [2.75, 3.05) is 14.2 Å². The maximum atomic E-state index is 10.5. The fourth-order valence-corrected chi connectivity index (χ4v) is 3.67. The number of alkyl halides is 1. The number of carboxylic acids is 1. The average molecular weight is 502 g/mol. The van der Waals surface area contributed by atoms with Crippen LogP contribution in [0, 0.1) is 11.3 Å². The number of methoxy groups -OCH3 is 2. The van der Waals surface area contributed by atoms with Crippen molar-refractivity contribution >= 4 is 33.5 Å². The van der Waals surface area contributed by atoms with Crippen molar-refractivity contribution in [2.24, 2.45) is 0 Å². The lowest BCUT2D eigenvalue weighted by Gasteiger charge is -2.13. The van der Waals surface area contributed by atoms with E-state index in [2.05, 4.69) is 22.0 Å². The summed E-state index contributed by atoms with van der Waals surface area (Å²) >= 11 is 3.54. The second-order valence-corrected chi connectivity index (χ2v) is 8.20. The van der Waals surface area contributed by atoms with Gasteiger partial charge in [0.1, 0.15) is 5.75 Å². The molecule has 0 saturated carbocycles. The van der Waals surface area contributed by atoms with Crippen LogP contribution in [0.3, 0.4) is 0 Å². The van der Waals surface area contributed by atoms with Gasteiger partial charge in [-0.2, -0.15) is 5.26 Å². The van der Waals surface area contributed by atoms with Gasteiger partial charge >= 0.3 is 5.97 Å². The summed E-state index contributed by atoms with van der Waals surface area (Å²) in [5, 5.41) is 18.2. The van der Waals surface area contributed by atoms with Gasteiger partial charge in [0, 0.05) is 6.42 Å². The van der Waals surface area contributed by atoms with E-state index in [1.54, 1.807) is 26.4 Å². The van der Waals surface area contributed by atoms with E-state index in [1.165, 1.54) is 0 Å². The molecule has 0 amide bonds. The molecule has 0 aromatic heterocycles. The second-order valence-electron chi connectivity index (χ2n) is 7.18. The number of hydrogen-bond acceptors (Lipinski definition) is 5. The highest BCUT2D eigenvalue weighted by Crippen LogP contribution is 2.31. The number of benzene rings is 2. The lowest BCUT2D eigenvalue weighted by molar-refractivity contribution is -0.137. The summed E-state index contributed by atoms with van der Waals surface area (Å²) in [6.07, 6.45) is 6.46. The summed E-state index contributed by atoms with van der Waals surface area (Å²) < 4.78 is 16.5. The largest absolute Gasteiger partial charge is 0.493 e.